The average molecular weight is 297 g/mol. The van der Waals surface area contributed by atoms with Crippen molar-refractivity contribution in [3.8, 4) is 11.8 Å². The summed E-state index contributed by atoms with van der Waals surface area (Å²) in [5.74, 6) is 0.574. The van der Waals surface area contributed by atoms with Crippen molar-refractivity contribution in [2.24, 2.45) is 10.2 Å². The van der Waals surface area contributed by atoms with E-state index in [9.17, 15) is 5.11 Å². The van der Waals surface area contributed by atoms with Gasteiger partial charge in [-0.05, 0) is 48.5 Å². The van der Waals surface area contributed by atoms with Gasteiger partial charge in [-0.1, -0.05) is 0 Å². The summed E-state index contributed by atoms with van der Waals surface area (Å²) < 4.78 is 5.29. The fourth-order valence-electron chi connectivity index (χ4n) is 1.57. The first-order valence-corrected chi connectivity index (χ1v) is 6.65. The summed E-state index contributed by atoms with van der Waals surface area (Å²) in [6.45, 7) is -0.306. The molecule has 0 amide bonds. The average Bonchev–Trinajstić information content (AvgIpc) is 2.59. The Bertz CT molecular complexity index is 661. The molecule has 0 saturated heterocycles. The molecule has 2 aromatic carbocycles. The lowest BCUT2D eigenvalue weighted by Gasteiger charge is -2.09. The highest BCUT2D eigenvalue weighted by Gasteiger charge is 2.02. The molecule has 6 nitrogen and oxygen atoms in total. The molecule has 2 N–H and O–H groups in total. The zero-order chi connectivity index (χ0) is 15.8. The van der Waals surface area contributed by atoms with Crippen LogP contribution in [0.1, 0.15) is 5.56 Å². The van der Waals surface area contributed by atoms with E-state index in [0.717, 1.165) is 0 Å². The van der Waals surface area contributed by atoms with Crippen LogP contribution in [0.4, 0.5) is 11.4 Å². The number of nitriles is 1. The fraction of sp³-hybridized carbons (Fsp3) is 0.188. The van der Waals surface area contributed by atoms with Gasteiger partial charge in [0.25, 0.3) is 0 Å². The Balaban J connectivity index is 1.95. The fourth-order valence-corrected chi connectivity index (χ4v) is 1.57. The molecular formula is C16H15N3O3. The van der Waals surface area contributed by atoms with Gasteiger partial charge in [-0.2, -0.15) is 15.5 Å². The first-order valence-electron chi connectivity index (χ1n) is 6.65. The molecule has 0 radical (unpaired) electrons. The number of hydrogen-bond acceptors (Lipinski definition) is 6. The molecule has 1 atom stereocenters. The lowest BCUT2D eigenvalue weighted by atomic mass is 10.2. The second-order valence-electron chi connectivity index (χ2n) is 4.50. The van der Waals surface area contributed by atoms with Crippen LogP contribution in [0.15, 0.2) is 58.8 Å². The normalized spacial score (nSPS) is 12.0. The van der Waals surface area contributed by atoms with E-state index in [1.54, 1.807) is 48.5 Å². The molecule has 0 aromatic heterocycles. The maximum atomic E-state index is 9.19. The molecule has 112 valence electrons. The Hall–Kier alpha value is -2.75. The molecule has 0 heterocycles. The molecule has 2 rings (SSSR count). The first-order chi connectivity index (χ1) is 10.7. The minimum atomic E-state index is -0.893. The number of nitrogens with zero attached hydrogens (tertiary/aromatic N) is 3. The number of aliphatic hydroxyl groups is 2. The first kappa shape index (κ1) is 15.6. The van der Waals surface area contributed by atoms with Gasteiger partial charge in [0.15, 0.2) is 0 Å². The molecule has 0 aliphatic carbocycles. The van der Waals surface area contributed by atoms with Crippen molar-refractivity contribution in [1.29, 1.82) is 5.26 Å². The summed E-state index contributed by atoms with van der Waals surface area (Å²) in [5, 5.41) is 34.7. The second kappa shape index (κ2) is 7.88. The molecule has 0 aliphatic rings. The van der Waals surface area contributed by atoms with Crippen LogP contribution in [0.25, 0.3) is 0 Å². The SMILES string of the molecule is N#Cc1ccc(N=Nc2ccc(OCC(O)CO)cc2)cc1. The lowest BCUT2D eigenvalue weighted by Crippen LogP contribution is -2.21. The molecule has 0 saturated carbocycles. The van der Waals surface area contributed by atoms with Gasteiger partial charge in [0.1, 0.15) is 18.5 Å². The van der Waals surface area contributed by atoms with Crippen LogP contribution in [0.2, 0.25) is 0 Å². The standard InChI is InChI=1S/C16H15N3O3/c17-9-12-1-3-13(4-2-12)18-19-14-5-7-16(8-6-14)22-11-15(21)10-20/h1-8,15,20-21H,10-11H2. The molecule has 0 bridgehead atoms. The predicted octanol–water partition coefficient (Wildman–Crippen LogP) is 2.71. The van der Waals surface area contributed by atoms with Crippen LogP contribution < -0.4 is 4.74 Å². The predicted molar refractivity (Wildman–Crippen MR) is 80.4 cm³/mol. The topological polar surface area (TPSA) is 98.2 Å². The molecule has 2 aromatic rings. The van der Waals surface area contributed by atoms with Gasteiger partial charge in [0, 0.05) is 0 Å². The number of azo groups is 1. The molecule has 22 heavy (non-hydrogen) atoms. The highest BCUT2D eigenvalue weighted by molar-refractivity contribution is 5.44. The van der Waals surface area contributed by atoms with Gasteiger partial charge in [0.2, 0.25) is 0 Å². The molecule has 6 heteroatoms. The van der Waals surface area contributed by atoms with Gasteiger partial charge >= 0.3 is 0 Å². The Kier molecular flexibility index (Phi) is 5.60. The van der Waals surface area contributed by atoms with E-state index in [-0.39, 0.29) is 13.2 Å². The Morgan fingerprint density at radius 2 is 1.55 bits per heavy atom. The van der Waals surface area contributed by atoms with Gasteiger partial charge in [-0.15, -0.1) is 0 Å². The molecule has 0 spiro atoms. The minimum Gasteiger partial charge on any atom is -0.491 e. The van der Waals surface area contributed by atoms with Crippen molar-refractivity contribution in [2.75, 3.05) is 13.2 Å². The lowest BCUT2D eigenvalue weighted by molar-refractivity contribution is 0.0536. The minimum absolute atomic E-state index is 0.0304. The molecule has 0 aliphatic heterocycles. The monoisotopic (exact) mass is 297 g/mol. The summed E-state index contributed by atoms with van der Waals surface area (Å²) in [6.07, 6.45) is -0.893. The number of hydrogen-bond donors (Lipinski definition) is 2. The zero-order valence-electron chi connectivity index (χ0n) is 11.8. The van der Waals surface area contributed by atoms with E-state index in [2.05, 4.69) is 10.2 Å². The zero-order valence-corrected chi connectivity index (χ0v) is 11.8. The summed E-state index contributed by atoms with van der Waals surface area (Å²) in [5.41, 5.74) is 1.88. The quantitative estimate of drug-likeness (QED) is 0.801. The van der Waals surface area contributed by atoms with Crippen molar-refractivity contribution in [1.82, 2.24) is 0 Å². The Labute approximate surface area is 127 Å². The summed E-state index contributed by atoms with van der Waals surface area (Å²) >= 11 is 0. The maximum Gasteiger partial charge on any atom is 0.119 e. The van der Waals surface area contributed by atoms with Crippen LogP contribution in [0.5, 0.6) is 5.75 Å². The third kappa shape index (κ3) is 4.66. The molecule has 0 fully saturated rings. The van der Waals surface area contributed by atoms with E-state index in [0.29, 0.717) is 22.7 Å². The summed E-state index contributed by atoms with van der Waals surface area (Å²) in [7, 11) is 0. The van der Waals surface area contributed by atoms with Crippen LogP contribution in [0, 0.1) is 11.3 Å². The third-order valence-electron chi connectivity index (χ3n) is 2.77. The van der Waals surface area contributed by atoms with Gasteiger partial charge in [-0.3, -0.25) is 0 Å². The maximum absolute atomic E-state index is 9.19. The van der Waals surface area contributed by atoms with E-state index in [1.807, 2.05) is 6.07 Å². The van der Waals surface area contributed by atoms with Crippen LogP contribution >= 0.6 is 0 Å². The highest BCUT2D eigenvalue weighted by atomic mass is 16.5. The van der Waals surface area contributed by atoms with Crippen molar-refractivity contribution in [2.45, 2.75) is 6.10 Å². The molecular weight excluding hydrogens is 282 g/mol. The van der Waals surface area contributed by atoms with E-state index in [4.69, 9.17) is 15.1 Å². The van der Waals surface area contributed by atoms with E-state index < -0.39 is 6.10 Å². The molecule has 1 unspecified atom stereocenters. The van der Waals surface area contributed by atoms with Gasteiger partial charge in [0.05, 0.1) is 29.6 Å². The highest BCUT2D eigenvalue weighted by Crippen LogP contribution is 2.21. The summed E-state index contributed by atoms with van der Waals surface area (Å²) in [4.78, 5) is 0. The van der Waals surface area contributed by atoms with Crippen molar-refractivity contribution in [3.63, 3.8) is 0 Å². The summed E-state index contributed by atoms with van der Waals surface area (Å²) in [6, 6.07) is 15.7. The van der Waals surface area contributed by atoms with Crippen molar-refractivity contribution < 1.29 is 14.9 Å². The smallest absolute Gasteiger partial charge is 0.119 e. The Morgan fingerprint density at radius 1 is 1.00 bits per heavy atom. The third-order valence-corrected chi connectivity index (χ3v) is 2.77. The number of benzene rings is 2. The Morgan fingerprint density at radius 3 is 2.05 bits per heavy atom. The largest absolute Gasteiger partial charge is 0.491 e. The van der Waals surface area contributed by atoms with Gasteiger partial charge < -0.3 is 14.9 Å². The van der Waals surface area contributed by atoms with Crippen LogP contribution in [-0.4, -0.2) is 29.5 Å². The number of rotatable bonds is 6. The van der Waals surface area contributed by atoms with Gasteiger partial charge in [-0.25, -0.2) is 0 Å². The van der Waals surface area contributed by atoms with Crippen molar-refractivity contribution >= 4 is 11.4 Å². The van der Waals surface area contributed by atoms with Crippen LogP contribution in [-0.2, 0) is 0 Å². The number of aliphatic hydroxyl groups excluding tert-OH is 2. The number of ether oxygens (including phenoxy) is 1. The van der Waals surface area contributed by atoms with Crippen LogP contribution in [0.3, 0.4) is 0 Å². The van der Waals surface area contributed by atoms with Crippen molar-refractivity contribution in [3.05, 3.63) is 54.1 Å². The van der Waals surface area contributed by atoms with E-state index in [1.165, 1.54) is 0 Å². The van der Waals surface area contributed by atoms with E-state index >= 15 is 0 Å². The second-order valence-corrected chi connectivity index (χ2v) is 4.50.